The van der Waals surface area contributed by atoms with Crippen molar-refractivity contribution in [3.8, 4) is 11.5 Å². The molecule has 0 amide bonds. The van der Waals surface area contributed by atoms with Gasteiger partial charge >= 0.3 is 10.2 Å². The van der Waals surface area contributed by atoms with Gasteiger partial charge in [0.05, 0.1) is 0 Å². The molecule has 0 saturated heterocycles. The van der Waals surface area contributed by atoms with Gasteiger partial charge in [0.2, 0.25) is 0 Å². The lowest BCUT2D eigenvalue weighted by molar-refractivity contribution is 0.534. The summed E-state index contributed by atoms with van der Waals surface area (Å²) in [6.45, 7) is 0. The molecule has 0 radical (unpaired) electrons. The van der Waals surface area contributed by atoms with Crippen LogP contribution < -0.4 is 0 Å². The second-order valence-electron chi connectivity index (χ2n) is 2.90. The van der Waals surface area contributed by atoms with Crippen LogP contribution in [0.3, 0.4) is 0 Å². The van der Waals surface area contributed by atoms with Gasteiger partial charge in [0.15, 0.2) is 5.82 Å². The van der Waals surface area contributed by atoms with E-state index in [4.69, 9.17) is 0 Å². The van der Waals surface area contributed by atoms with E-state index in [2.05, 4.69) is 20.2 Å². The molecule has 0 spiro atoms. The van der Waals surface area contributed by atoms with Crippen LogP contribution in [0.2, 0.25) is 0 Å². The van der Waals surface area contributed by atoms with Crippen LogP contribution in [-0.2, 0) is 17.3 Å². The van der Waals surface area contributed by atoms with Crippen LogP contribution in [0, 0.1) is 0 Å². The molecule has 84 valence electrons. The number of nitrogens with zero attached hydrogens (tertiary/aromatic N) is 5. The summed E-state index contributed by atoms with van der Waals surface area (Å²) in [5, 5.41) is 6.06. The Morgan fingerprint density at radius 3 is 2.62 bits per heavy atom. The van der Waals surface area contributed by atoms with Crippen molar-refractivity contribution in [2.24, 2.45) is 7.05 Å². The normalized spacial score (nSPS) is 11.6. The van der Waals surface area contributed by atoms with E-state index in [1.165, 1.54) is 25.6 Å². The Morgan fingerprint density at radius 2 is 2.12 bits per heavy atom. The molecule has 0 bridgehead atoms. The van der Waals surface area contributed by atoms with E-state index in [1.807, 2.05) is 0 Å². The molecule has 0 atom stereocenters. The summed E-state index contributed by atoms with van der Waals surface area (Å²) in [5.41, 5.74) is 0.361. The highest BCUT2D eigenvalue weighted by Crippen LogP contribution is 2.16. The van der Waals surface area contributed by atoms with Crippen molar-refractivity contribution in [2.45, 2.75) is 5.16 Å². The third-order valence-corrected chi connectivity index (χ3v) is 2.66. The Labute approximate surface area is 90.2 Å². The molecule has 0 aliphatic heterocycles. The number of aromatic nitrogens is 5. The first kappa shape index (κ1) is 10.6. The van der Waals surface area contributed by atoms with Gasteiger partial charge in [0.25, 0.3) is 5.16 Å². The molecule has 0 saturated carbocycles. The molecule has 16 heavy (non-hydrogen) atoms. The fourth-order valence-electron chi connectivity index (χ4n) is 1.17. The van der Waals surface area contributed by atoms with Crippen LogP contribution in [0.4, 0.5) is 3.89 Å². The SMILES string of the molecule is Cn1c(-c2ccncn2)nnc1S(=O)(=O)F. The first-order chi connectivity index (χ1) is 7.50. The van der Waals surface area contributed by atoms with Crippen LogP contribution in [0.25, 0.3) is 11.5 Å². The summed E-state index contributed by atoms with van der Waals surface area (Å²) in [7, 11) is -3.54. The lowest BCUT2D eigenvalue weighted by Crippen LogP contribution is -2.04. The van der Waals surface area contributed by atoms with Gasteiger partial charge in [-0.15, -0.1) is 10.2 Å². The monoisotopic (exact) mass is 243 g/mol. The molecule has 9 heteroatoms. The van der Waals surface area contributed by atoms with E-state index in [9.17, 15) is 12.3 Å². The summed E-state index contributed by atoms with van der Waals surface area (Å²) in [5.74, 6) is 0.152. The number of halogens is 1. The third kappa shape index (κ3) is 1.76. The lowest BCUT2D eigenvalue weighted by Gasteiger charge is -1.99. The van der Waals surface area contributed by atoms with Gasteiger partial charge in [0.1, 0.15) is 12.0 Å². The van der Waals surface area contributed by atoms with Crippen molar-refractivity contribution in [1.29, 1.82) is 0 Å². The van der Waals surface area contributed by atoms with Gasteiger partial charge in [-0.3, -0.25) is 4.57 Å². The largest absolute Gasteiger partial charge is 0.368 e. The number of rotatable bonds is 2. The van der Waals surface area contributed by atoms with E-state index in [-0.39, 0.29) is 5.82 Å². The van der Waals surface area contributed by atoms with Gasteiger partial charge in [-0.05, 0) is 6.07 Å². The van der Waals surface area contributed by atoms with Gasteiger partial charge in [-0.25, -0.2) is 9.97 Å². The highest BCUT2D eigenvalue weighted by atomic mass is 32.3. The summed E-state index contributed by atoms with van der Waals surface area (Å²) in [6.07, 6.45) is 2.73. The van der Waals surface area contributed by atoms with Crippen molar-refractivity contribution in [2.75, 3.05) is 0 Å². The van der Waals surface area contributed by atoms with Crippen molar-refractivity contribution >= 4 is 10.2 Å². The predicted octanol–water partition coefficient (Wildman–Crippen LogP) is -0.0697. The Hall–Kier alpha value is -1.90. The number of hydrogen-bond acceptors (Lipinski definition) is 6. The zero-order valence-electron chi connectivity index (χ0n) is 8.07. The average molecular weight is 243 g/mol. The highest BCUT2D eigenvalue weighted by Gasteiger charge is 2.22. The van der Waals surface area contributed by atoms with E-state index < -0.39 is 15.4 Å². The Kier molecular flexibility index (Phi) is 2.38. The van der Waals surface area contributed by atoms with Crippen LogP contribution >= 0.6 is 0 Å². The Balaban J connectivity index is 2.59. The fraction of sp³-hybridized carbons (Fsp3) is 0.143. The first-order valence-electron chi connectivity index (χ1n) is 4.10. The molecular weight excluding hydrogens is 237 g/mol. The standard InChI is InChI=1S/C7H6FN5O2S/c1-13-6(5-2-3-9-4-10-5)11-12-7(13)16(8,14)15/h2-4H,1H3. The van der Waals surface area contributed by atoms with E-state index in [0.29, 0.717) is 5.69 Å². The molecule has 0 aliphatic carbocycles. The van der Waals surface area contributed by atoms with E-state index in [0.717, 1.165) is 4.57 Å². The fourth-order valence-corrected chi connectivity index (χ4v) is 1.73. The molecule has 0 unspecified atom stereocenters. The molecule has 7 nitrogen and oxygen atoms in total. The van der Waals surface area contributed by atoms with Gasteiger partial charge in [-0.1, -0.05) is 3.89 Å². The Bertz CT molecular complexity index is 609. The third-order valence-electron chi connectivity index (χ3n) is 1.86. The molecule has 2 heterocycles. The zero-order valence-corrected chi connectivity index (χ0v) is 8.89. The van der Waals surface area contributed by atoms with E-state index in [1.54, 1.807) is 0 Å². The van der Waals surface area contributed by atoms with Crippen molar-refractivity contribution in [3.05, 3.63) is 18.6 Å². The zero-order chi connectivity index (χ0) is 11.8. The minimum atomic E-state index is -4.87. The highest BCUT2D eigenvalue weighted by molar-refractivity contribution is 7.86. The first-order valence-corrected chi connectivity index (χ1v) is 5.49. The second kappa shape index (κ2) is 3.59. The van der Waals surface area contributed by atoms with Crippen LogP contribution in [0.1, 0.15) is 0 Å². The summed E-state index contributed by atoms with van der Waals surface area (Å²) in [6, 6.07) is 1.51. The van der Waals surface area contributed by atoms with Crippen LogP contribution in [-0.4, -0.2) is 33.2 Å². The molecule has 0 fully saturated rings. The van der Waals surface area contributed by atoms with Crippen molar-refractivity contribution in [3.63, 3.8) is 0 Å². The smallest absolute Gasteiger partial charge is 0.297 e. The minimum absolute atomic E-state index is 0.152. The maximum Gasteiger partial charge on any atom is 0.368 e. The van der Waals surface area contributed by atoms with Crippen molar-refractivity contribution in [1.82, 2.24) is 24.7 Å². The van der Waals surface area contributed by atoms with Crippen molar-refractivity contribution < 1.29 is 12.3 Å². The maximum atomic E-state index is 12.7. The van der Waals surface area contributed by atoms with Gasteiger partial charge in [0, 0.05) is 13.2 Å². The molecule has 2 aromatic heterocycles. The van der Waals surface area contributed by atoms with Crippen LogP contribution in [0.15, 0.2) is 23.7 Å². The average Bonchev–Trinajstić information content (AvgIpc) is 2.61. The topological polar surface area (TPSA) is 90.6 Å². The maximum absolute atomic E-state index is 12.7. The Morgan fingerprint density at radius 1 is 1.38 bits per heavy atom. The molecular formula is C7H6FN5O2S. The molecule has 2 rings (SSSR count). The summed E-state index contributed by atoms with van der Waals surface area (Å²) >= 11 is 0. The quantitative estimate of drug-likeness (QED) is 0.686. The molecule has 0 aromatic carbocycles. The van der Waals surface area contributed by atoms with Gasteiger partial charge in [-0.2, -0.15) is 8.42 Å². The molecule has 2 aromatic rings. The molecule has 0 aliphatic rings. The molecule has 0 N–H and O–H groups in total. The summed E-state index contributed by atoms with van der Waals surface area (Å²) in [4.78, 5) is 7.55. The van der Waals surface area contributed by atoms with E-state index >= 15 is 0 Å². The van der Waals surface area contributed by atoms with Gasteiger partial charge < -0.3 is 0 Å². The predicted molar refractivity (Wildman–Crippen MR) is 50.3 cm³/mol. The number of hydrogen-bond donors (Lipinski definition) is 0. The summed E-state index contributed by atoms with van der Waals surface area (Å²) < 4.78 is 35.1. The minimum Gasteiger partial charge on any atom is -0.297 e. The second-order valence-corrected chi connectivity index (χ2v) is 4.14. The van der Waals surface area contributed by atoms with Crippen LogP contribution in [0.5, 0.6) is 0 Å². The lowest BCUT2D eigenvalue weighted by atomic mass is 10.4.